The van der Waals surface area contributed by atoms with Gasteiger partial charge >= 0.3 is 5.97 Å². The van der Waals surface area contributed by atoms with Gasteiger partial charge in [0.05, 0.1) is 0 Å². The third kappa shape index (κ3) is 3.86. The lowest BCUT2D eigenvalue weighted by atomic mass is 9.99. The molecule has 114 valence electrons. The van der Waals surface area contributed by atoms with Crippen LogP contribution in [0.5, 0.6) is 0 Å². The molecule has 0 amide bonds. The molecular formula is C17H19N3O2. The van der Waals surface area contributed by atoms with E-state index in [2.05, 4.69) is 11.9 Å². The number of carboxylic acids is 1. The van der Waals surface area contributed by atoms with E-state index >= 15 is 0 Å². The van der Waals surface area contributed by atoms with Crippen LogP contribution < -0.4 is 16.8 Å². The van der Waals surface area contributed by atoms with Gasteiger partial charge in [0.15, 0.2) is 0 Å². The Labute approximate surface area is 129 Å². The lowest BCUT2D eigenvalue weighted by Gasteiger charge is -2.11. The van der Waals surface area contributed by atoms with E-state index in [-0.39, 0.29) is 6.54 Å². The molecule has 2 rings (SSSR count). The number of anilines is 2. The van der Waals surface area contributed by atoms with Crippen molar-refractivity contribution in [1.29, 1.82) is 0 Å². The summed E-state index contributed by atoms with van der Waals surface area (Å²) in [6, 6.07) is 14.2. The number of hydrogen-bond acceptors (Lipinski definition) is 4. The number of nitrogens with one attached hydrogen (secondary N) is 1. The average molecular weight is 297 g/mol. The zero-order chi connectivity index (χ0) is 16.1. The van der Waals surface area contributed by atoms with E-state index in [9.17, 15) is 4.79 Å². The van der Waals surface area contributed by atoms with Crippen molar-refractivity contribution < 1.29 is 9.90 Å². The van der Waals surface area contributed by atoms with E-state index in [4.69, 9.17) is 16.6 Å². The molecule has 2 aromatic carbocycles. The van der Waals surface area contributed by atoms with Gasteiger partial charge in [0.1, 0.15) is 6.04 Å². The topological polar surface area (TPSA) is 101 Å². The second-order valence-corrected chi connectivity index (χ2v) is 5.00. The molecule has 2 aromatic rings. The molecule has 0 aliphatic carbocycles. The summed E-state index contributed by atoms with van der Waals surface area (Å²) in [4.78, 5) is 10.7. The summed E-state index contributed by atoms with van der Waals surface area (Å²) in [6.45, 7) is 4.27. The van der Waals surface area contributed by atoms with Crippen molar-refractivity contribution in [3.8, 4) is 0 Å². The Bertz CT molecular complexity index is 663. The molecule has 0 bridgehead atoms. The van der Waals surface area contributed by atoms with E-state index in [1.165, 1.54) is 0 Å². The van der Waals surface area contributed by atoms with Crippen molar-refractivity contribution in [3.05, 3.63) is 66.2 Å². The first kappa shape index (κ1) is 15.6. The maximum absolute atomic E-state index is 10.7. The van der Waals surface area contributed by atoms with E-state index in [0.29, 0.717) is 5.69 Å². The predicted octanol–water partition coefficient (Wildman–Crippen LogP) is 2.15. The molecule has 6 N–H and O–H groups in total. The van der Waals surface area contributed by atoms with Gasteiger partial charge in [0.2, 0.25) is 0 Å². The van der Waals surface area contributed by atoms with Gasteiger partial charge in [-0.05, 0) is 41.0 Å². The first-order chi connectivity index (χ1) is 10.5. The van der Waals surface area contributed by atoms with Gasteiger partial charge in [-0.25, -0.2) is 0 Å². The highest BCUT2D eigenvalue weighted by Gasteiger charge is 2.10. The maximum atomic E-state index is 10.7. The van der Waals surface area contributed by atoms with Crippen LogP contribution in [0, 0.1) is 0 Å². The van der Waals surface area contributed by atoms with Crippen LogP contribution >= 0.6 is 0 Å². The van der Waals surface area contributed by atoms with Gasteiger partial charge in [-0.2, -0.15) is 0 Å². The Morgan fingerprint density at radius 1 is 1.09 bits per heavy atom. The third-order valence-corrected chi connectivity index (χ3v) is 3.34. The Morgan fingerprint density at radius 2 is 1.59 bits per heavy atom. The van der Waals surface area contributed by atoms with E-state index < -0.39 is 12.0 Å². The van der Waals surface area contributed by atoms with Crippen LogP contribution in [0.3, 0.4) is 0 Å². The standard InChI is InChI=1S/C17H19N3O2/c1-11(12-2-6-14(18)7-3-12)13-4-8-15(9-5-13)20-10-16(19)17(21)22/h2-9,16,20H,1,10,18-19H2,(H,21,22)/t16-/m1/s1. The van der Waals surface area contributed by atoms with Gasteiger partial charge < -0.3 is 21.9 Å². The van der Waals surface area contributed by atoms with Crippen molar-refractivity contribution in [1.82, 2.24) is 0 Å². The number of carbonyl (C=O) groups is 1. The van der Waals surface area contributed by atoms with Crippen LogP contribution in [0.25, 0.3) is 5.57 Å². The number of benzene rings is 2. The maximum Gasteiger partial charge on any atom is 0.322 e. The van der Waals surface area contributed by atoms with Crippen LogP contribution in [0.2, 0.25) is 0 Å². The summed E-state index contributed by atoms with van der Waals surface area (Å²) < 4.78 is 0. The summed E-state index contributed by atoms with van der Waals surface area (Å²) >= 11 is 0. The highest BCUT2D eigenvalue weighted by molar-refractivity contribution is 5.79. The highest BCUT2D eigenvalue weighted by Crippen LogP contribution is 2.23. The van der Waals surface area contributed by atoms with Crippen LogP contribution in [-0.4, -0.2) is 23.7 Å². The summed E-state index contributed by atoms with van der Waals surface area (Å²) in [5.41, 5.74) is 15.5. The Kier molecular flexibility index (Phi) is 4.80. The van der Waals surface area contributed by atoms with Crippen molar-refractivity contribution in [2.45, 2.75) is 6.04 Å². The molecule has 0 aliphatic rings. The zero-order valence-corrected chi connectivity index (χ0v) is 12.1. The second-order valence-electron chi connectivity index (χ2n) is 5.00. The fourth-order valence-electron chi connectivity index (χ4n) is 1.96. The van der Waals surface area contributed by atoms with Crippen LogP contribution in [0.15, 0.2) is 55.1 Å². The summed E-state index contributed by atoms with van der Waals surface area (Å²) in [5.74, 6) is -1.03. The number of rotatable bonds is 6. The summed E-state index contributed by atoms with van der Waals surface area (Å²) in [6.07, 6.45) is 0. The zero-order valence-electron chi connectivity index (χ0n) is 12.1. The van der Waals surface area contributed by atoms with E-state index in [1.54, 1.807) is 0 Å². The predicted molar refractivity (Wildman–Crippen MR) is 89.5 cm³/mol. The molecule has 22 heavy (non-hydrogen) atoms. The number of carboxylic acid groups (broad SMARTS) is 1. The van der Waals surface area contributed by atoms with Crippen LogP contribution in [0.4, 0.5) is 11.4 Å². The molecule has 0 aromatic heterocycles. The monoisotopic (exact) mass is 297 g/mol. The molecule has 0 spiro atoms. The average Bonchev–Trinajstić information content (AvgIpc) is 2.53. The smallest absolute Gasteiger partial charge is 0.322 e. The number of nitrogens with two attached hydrogens (primary N) is 2. The molecule has 0 aliphatic heterocycles. The minimum atomic E-state index is -1.03. The van der Waals surface area contributed by atoms with Gasteiger partial charge in [0.25, 0.3) is 0 Å². The highest BCUT2D eigenvalue weighted by atomic mass is 16.4. The van der Waals surface area contributed by atoms with Crippen molar-refractivity contribution in [3.63, 3.8) is 0 Å². The molecule has 5 heteroatoms. The fourth-order valence-corrected chi connectivity index (χ4v) is 1.96. The van der Waals surface area contributed by atoms with E-state index in [1.807, 2.05) is 48.5 Å². The summed E-state index contributed by atoms with van der Waals surface area (Å²) in [7, 11) is 0. The van der Waals surface area contributed by atoms with Crippen molar-refractivity contribution in [2.24, 2.45) is 5.73 Å². The summed E-state index contributed by atoms with van der Waals surface area (Å²) in [5, 5.41) is 11.7. The van der Waals surface area contributed by atoms with Crippen molar-refractivity contribution in [2.75, 3.05) is 17.6 Å². The normalized spacial score (nSPS) is 11.7. The van der Waals surface area contributed by atoms with Crippen LogP contribution in [0.1, 0.15) is 11.1 Å². The first-order valence-electron chi connectivity index (χ1n) is 6.85. The van der Waals surface area contributed by atoms with Gasteiger partial charge in [-0.15, -0.1) is 0 Å². The van der Waals surface area contributed by atoms with Gasteiger partial charge in [0, 0.05) is 17.9 Å². The molecule has 0 fully saturated rings. The molecule has 5 nitrogen and oxygen atoms in total. The third-order valence-electron chi connectivity index (χ3n) is 3.34. The fraction of sp³-hybridized carbons (Fsp3) is 0.118. The molecule has 0 radical (unpaired) electrons. The number of hydrogen-bond donors (Lipinski definition) is 4. The first-order valence-corrected chi connectivity index (χ1v) is 6.85. The molecule has 0 saturated heterocycles. The SMILES string of the molecule is C=C(c1ccc(N)cc1)c1ccc(NC[C@@H](N)C(=O)O)cc1. The van der Waals surface area contributed by atoms with Crippen LogP contribution in [-0.2, 0) is 4.79 Å². The quantitative estimate of drug-likeness (QED) is 0.612. The van der Waals surface area contributed by atoms with Crippen molar-refractivity contribution >= 4 is 22.9 Å². The number of nitrogen functional groups attached to an aromatic ring is 1. The second kappa shape index (κ2) is 6.78. The number of aliphatic carboxylic acids is 1. The minimum Gasteiger partial charge on any atom is -0.480 e. The lowest BCUT2D eigenvalue weighted by Crippen LogP contribution is -2.36. The molecular weight excluding hydrogens is 278 g/mol. The molecule has 0 heterocycles. The molecule has 0 unspecified atom stereocenters. The Balaban J connectivity index is 2.03. The Morgan fingerprint density at radius 3 is 2.09 bits per heavy atom. The van der Waals surface area contributed by atoms with E-state index in [0.717, 1.165) is 22.4 Å². The van der Waals surface area contributed by atoms with Gasteiger partial charge in [-0.1, -0.05) is 30.8 Å². The Hall–Kier alpha value is -2.79. The minimum absolute atomic E-state index is 0.174. The largest absolute Gasteiger partial charge is 0.480 e. The lowest BCUT2D eigenvalue weighted by molar-refractivity contribution is -0.138. The van der Waals surface area contributed by atoms with Gasteiger partial charge in [-0.3, -0.25) is 4.79 Å². The molecule has 1 atom stereocenters. The molecule has 0 saturated carbocycles.